The molecule has 0 unspecified atom stereocenters. The molecule has 3 rings (SSSR count). The second-order valence-corrected chi connectivity index (χ2v) is 6.27. The molecule has 0 saturated carbocycles. The number of aromatic nitrogens is 2. The van der Waals surface area contributed by atoms with Crippen LogP contribution in [0.25, 0.3) is 0 Å². The fourth-order valence-corrected chi connectivity index (χ4v) is 2.76. The average molecular weight is 370 g/mol. The average Bonchev–Trinajstić information content (AvgIpc) is 3.15. The SMILES string of the molecule is O=C(NCc1ccccc1)c1nnc(COc2cccc([N+](=O)[O-])c2)s1. The van der Waals surface area contributed by atoms with Crippen LogP contribution in [0.5, 0.6) is 5.75 Å². The number of amides is 1. The van der Waals surface area contributed by atoms with Gasteiger partial charge >= 0.3 is 0 Å². The summed E-state index contributed by atoms with van der Waals surface area (Å²) in [5, 5.41) is 22.0. The van der Waals surface area contributed by atoms with Crippen molar-refractivity contribution in [3.05, 3.63) is 80.3 Å². The molecule has 26 heavy (non-hydrogen) atoms. The first kappa shape index (κ1) is 17.5. The maximum Gasteiger partial charge on any atom is 0.282 e. The van der Waals surface area contributed by atoms with Crippen LogP contribution >= 0.6 is 11.3 Å². The van der Waals surface area contributed by atoms with E-state index in [9.17, 15) is 14.9 Å². The highest BCUT2D eigenvalue weighted by Crippen LogP contribution is 2.21. The number of rotatable bonds is 7. The molecular formula is C17H14N4O4S. The van der Waals surface area contributed by atoms with Gasteiger partial charge in [-0.3, -0.25) is 14.9 Å². The third-order valence-electron chi connectivity index (χ3n) is 3.35. The zero-order valence-corrected chi connectivity index (χ0v) is 14.3. The number of carbonyl (C=O) groups excluding carboxylic acids is 1. The van der Waals surface area contributed by atoms with Crippen LogP contribution in [0.15, 0.2) is 54.6 Å². The molecular weight excluding hydrogens is 356 g/mol. The largest absolute Gasteiger partial charge is 0.486 e. The van der Waals surface area contributed by atoms with Gasteiger partial charge in [0.05, 0.1) is 11.0 Å². The number of nitrogens with zero attached hydrogens (tertiary/aromatic N) is 3. The number of carbonyl (C=O) groups is 1. The Kier molecular flexibility index (Phi) is 5.49. The Bertz CT molecular complexity index is 914. The third kappa shape index (κ3) is 4.61. The van der Waals surface area contributed by atoms with Gasteiger partial charge in [0.15, 0.2) is 5.01 Å². The van der Waals surface area contributed by atoms with Gasteiger partial charge in [0.1, 0.15) is 12.4 Å². The molecule has 0 spiro atoms. The molecule has 0 aliphatic rings. The Morgan fingerprint density at radius 2 is 1.96 bits per heavy atom. The quantitative estimate of drug-likeness (QED) is 0.506. The summed E-state index contributed by atoms with van der Waals surface area (Å²) in [6, 6.07) is 15.4. The normalized spacial score (nSPS) is 10.3. The Balaban J connectivity index is 1.55. The smallest absolute Gasteiger partial charge is 0.282 e. The summed E-state index contributed by atoms with van der Waals surface area (Å²) < 4.78 is 5.48. The lowest BCUT2D eigenvalue weighted by atomic mass is 10.2. The first-order chi connectivity index (χ1) is 12.6. The van der Waals surface area contributed by atoms with Gasteiger partial charge < -0.3 is 10.1 Å². The molecule has 0 saturated heterocycles. The van der Waals surface area contributed by atoms with Crippen molar-refractivity contribution >= 4 is 22.9 Å². The Morgan fingerprint density at radius 3 is 2.73 bits per heavy atom. The van der Waals surface area contributed by atoms with Gasteiger partial charge in [-0.05, 0) is 11.6 Å². The first-order valence-corrected chi connectivity index (χ1v) is 8.45. The van der Waals surface area contributed by atoms with E-state index >= 15 is 0 Å². The van der Waals surface area contributed by atoms with Crippen LogP contribution in [0, 0.1) is 10.1 Å². The van der Waals surface area contributed by atoms with Crippen molar-refractivity contribution in [2.75, 3.05) is 0 Å². The summed E-state index contributed by atoms with van der Waals surface area (Å²) in [7, 11) is 0. The number of hydrogen-bond acceptors (Lipinski definition) is 7. The van der Waals surface area contributed by atoms with Crippen molar-refractivity contribution in [3.8, 4) is 5.75 Å². The molecule has 0 atom stereocenters. The Morgan fingerprint density at radius 1 is 1.15 bits per heavy atom. The van der Waals surface area contributed by atoms with E-state index in [0.717, 1.165) is 16.9 Å². The number of nitrogens with one attached hydrogen (secondary N) is 1. The maximum absolute atomic E-state index is 12.1. The van der Waals surface area contributed by atoms with Crippen LogP contribution in [0.4, 0.5) is 5.69 Å². The fourth-order valence-electron chi connectivity index (χ4n) is 2.09. The molecule has 1 heterocycles. The summed E-state index contributed by atoms with van der Waals surface area (Å²) in [6.07, 6.45) is 0. The minimum Gasteiger partial charge on any atom is -0.486 e. The van der Waals surface area contributed by atoms with Gasteiger partial charge in [-0.2, -0.15) is 0 Å². The van der Waals surface area contributed by atoms with Gasteiger partial charge in [-0.1, -0.05) is 47.7 Å². The van der Waals surface area contributed by atoms with Gasteiger partial charge in [0.25, 0.3) is 11.6 Å². The lowest BCUT2D eigenvalue weighted by Gasteiger charge is -2.03. The molecule has 9 heteroatoms. The van der Waals surface area contributed by atoms with E-state index < -0.39 is 4.92 Å². The molecule has 1 amide bonds. The van der Waals surface area contributed by atoms with E-state index in [-0.39, 0.29) is 23.2 Å². The summed E-state index contributed by atoms with van der Waals surface area (Å²) in [5.74, 6) is 0.0393. The van der Waals surface area contributed by atoms with Crippen molar-refractivity contribution in [3.63, 3.8) is 0 Å². The molecule has 3 aromatic rings. The van der Waals surface area contributed by atoms with Gasteiger partial charge in [-0.25, -0.2) is 0 Å². The number of nitro groups is 1. The Hall–Kier alpha value is -3.33. The highest BCUT2D eigenvalue weighted by molar-refractivity contribution is 7.13. The minimum atomic E-state index is -0.493. The van der Waals surface area contributed by atoms with E-state index in [1.807, 2.05) is 30.3 Å². The standard InChI is InChI=1S/C17H14N4O4S/c22-16(18-10-12-5-2-1-3-6-12)17-20-19-15(26-17)11-25-14-8-4-7-13(9-14)21(23)24/h1-9H,10-11H2,(H,18,22). The summed E-state index contributed by atoms with van der Waals surface area (Å²) >= 11 is 1.11. The molecule has 132 valence electrons. The molecule has 1 N–H and O–H groups in total. The number of nitro benzene ring substituents is 1. The lowest BCUT2D eigenvalue weighted by Crippen LogP contribution is -2.22. The van der Waals surface area contributed by atoms with Crippen LogP contribution in [0.1, 0.15) is 20.4 Å². The van der Waals surface area contributed by atoms with E-state index in [2.05, 4.69) is 15.5 Å². The number of benzene rings is 2. The van der Waals surface area contributed by atoms with E-state index in [1.165, 1.54) is 18.2 Å². The molecule has 0 radical (unpaired) electrons. The zero-order chi connectivity index (χ0) is 18.4. The molecule has 0 bridgehead atoms. The van der Waals surface area contributed by atoms with Gasteiger partial charge in [-0.15, -0.1) is 10.2 Å². The minimum absolute atomic E-state index is 0.0549. The van der Waals surface area contributed by atoms with Crippen LogP contribution in [-0.4, -0.2) is 21.0 Å². The van der Waals surface area contributed by atoms with Gasteiger partial charge in [0, 0.05) is 12.6 Å². The monoisotopic (exact) mass is 370 g/mol. The highest BCUT2D eigenvalue weighted by atomic mass is 32.1. The van der Waals surface area contributed by atoms with Crippen molar-refractivity contribution in [1.29, 1.82) is 0 Å². The van der Waals surface area contributed by atoms with E-state index in [0.29, 0.717) is 17.3 Å². The molecule has 1 aromatic heterocycles. The second kappa shape index (κ2) is 8.17. The second-order valence-electron chi connectivity index (χ2n) is 5.21. The first-order valence-electron chi connectivity index (χ1n) is 7.63. The predicted octanol–water partition coefficient (Wildman–Crippen LogP) is 2.96. The Labute approximate surface area is 152 Å². The van der Waals surface area contributed by atoms with Crippen molar-refractivity contribution in [2.45, 2.75) is 13.2 Å². The van der Waals surface area contributed by atoms with Gasteiger partial charge in [0.2, 0.25) is 5.01 Å². The molecule has 8 nitrogen and oxygen atoms in total. The molecule has 0 fully saturated rings. The number of ether oxygens (including phenoxy) is 1. The van der Waals surface area contributed by atoms with Crippen LogP contribution in [0.2, 0.25) is 0 Å². The number of hydrogen-bond donors (Lipinski definition) is 1. The summed E-state index contributed by atoms with van der Waals surface area (Å²) in [4.78, 5) is 22.4. The van der Waals surface area contributed by atoms with Crippen molar-refractivity contribution in [1.82, 2.24) is 15.5 Å². The molecule has 2 aromatic carbocycles. The maximum atomic E-state index is 12.1. The predicted molar refractivity (Wildman–Crippen MR) is 94.9 cm³/mol. The fraction of sp³-hybridized carbons (Fsp3) is 0.118. The zero-order valence-electron chi connectivity index (χ0n) is 13.5. The van der Waals surface area contributed by atoms with E-state index in [4.69, 9.17) is 4.74 Å². The third-order valence-corrected chi connectivity index (χ3v) is 4.24. The lowest BCUT2D eigenvalue weighted by molar-refractivity contribution is -0.384. The summed E-state index contributed by atoms with van der Waals surface area (Å²) in [6.45, 7) is 0.476. The van der Waals surface area contributed by atoms with Crippen LogP contribution in [-0.2, 0) is 13.2 Å². The van der Waals surface area contributed by atoms with Crippen molar-refractivity contribution in [2.24, 2.45) is 0 Å². The molecule has 0 aliphatic heterocycles. The van der Waals surface area contributed by atoms with Crippen molar-refractivity contribution < 1.29 is 14.5 Å². The highest BCUT2D eigenvalue weighted by Gasteiger charge is 2.13. The summed E-state index contributed by atoms with van der Waals surface area (Å²) in [5.41, 5.74) is 0.931. The molecule has 0 aliphatic carbocycles. The van der Waals surface area contributed by atoms with E-state index in [1.54, 1.807) is 6.07 Å². The topological polar surface area (TPSA) is 107 Å². The number of non-ortho nitro benzene ring substituents is 1. The van der Waals surface area contributed by atoms with Crippen LogP contribution in [0.3, 0.4) is 0 Å². The van der Waals surface area contributed by atoms with Crippen LogP contribution < -0.4 is 10.1 Å².